The average Bonchev–Trinajstić information content (AvgIpc) is 2.38. The Kier molecular flexibility index (Phi) is 6.77. The molecule has 1 rings (SSSR count). The first-order chi connectivity index (χ1) is 9.56. The first-order valence-electron chi connectivity index (χ1n) is 7.12. The summed E-state index contributed by atoms with van der Waals surface area (Å²) in [6, 6.07) is 4.08. The number of phenolic OH excluding ortho intramolecular Hbond substituents is 2. The Balaban J connectivity index is 2.44. The van der Waals surface area contributed by atoms with E-state index < -0.39 is 5.78 Å². The standard InChI is InChI=1S/C16H22O4/c1-2-3-4-5-6-8-12(17)11-15(20)16-13(18)9-7-10-14(16)19/h7,9-10,18-19H,2-6,8,11H2,1H3. The van der Waals surface area contributed by atoms with E-state index in [1.165, 1.54) is 24.6 Å². The number of benzene rings is 1. The topological polar surface area (TPSA) is 74.6 Å². The zero-order chi connectivity index (χ0) is 15.0. The maximum absolute atomic E-state index is 11.9. The van der Waals surface area contributed by atoms with Crippen LogP contribution in [0.15, 0.2) is 18.2 Å². The molecule has 1 aromatic carbocycles. The molecular weight excluding hydrogens is 256 g/mol. The van der Waals surface area contributed by atoms with E-state index in [0.717, 1.165) is 25.7 Å². The van der Waals surface area contributed by atoms with E-state index in [0.29, 0.717) is 6.42 Å². The Morgan fingerprint density at radius 3 is 2.20 bits per heavy atom. The molecule has 0 aliphatic heterocycles. The number of unbranched alkanes of at least 4 members (excludes halogenated alkanes) is 4. The maximum Gasteiger partial charge on any atom is 0.177 e. The molecule has 0 aromatic heterocycles. The summed E-state index contributed by atoms with van der Waals surface area (Å²) in [6.45, 7) is 2.13. The molecule has 2 N–H and O–H groups in total. The lowest BCUT2D eigenvalue weighted by Crippen LogP contribution is -2.08. The van der Waals surface area contributed by atoms with Crippen molar-refractivity contribution in [1.82, 2.24) is 0 Å². The summed E-state index contributed by atoms with van der Waals surface area (Å²) >= 11 is 0. The van der Waals surface area contributed by atoms with E-state index in [2.05, 4.69) is 6.92 Å². The molecular formula is C16H22O4. The average molecular weight is 278 g/mol. The van der Waals surface area contributed by atoms with Crippen LogP contribution in [-0.2, 0) is 4.79 Å². The molecule has 20 heavy (non-hydrogen) atoms. The van der Waals surface area contributed by atoms with Crippen LogP contribution in [0, 0.1) is 0 Å². The van der Waals surface area contributed by atoms with E-state index in [4.69, 9.17) is 0 Å². The molecule has 110 valence electrons. The fourth-order valence-corrected chi connectivity index (χ4v) is 2.10. The largest absolute Gasteiger partial charge is 0.507 e. The summed E-state index contributed by atoms with van der Waals surface area (Å²) in [4.78, 5) is 23.6. The molecule has 0 saturated heterocycles. The van der Waals surface area contributed by atoms with Crippen molar-refractivity contribution < 1.29 is 19.8 Å². The molecule has 4 nitrogen and oxygen atoms in total. The van der Waals surface area contributed by atoms with Crippen LogP contribution >= 0.6 is 0 Å². The summed E-state index contributed by atoms with van der Waals surface area (Å²) < 4.78 is 0. The lowest BCUT2D eigenvalue weighted by atomic mass is 10.0. The number of phenols is 2. The van der Waals surface area contributed by atoms with Crippen LogP contribution in [0.25, 0.3) is 0 Å². The van der Waals surface area contributed by atoms with Gasteiger partial charge in [-0.15, -0.1) is 0 Å². The summed E-state index contributed by atoms with van der Waals surface area (Å²) in [5, 5.41) is 19.1. The summed E-state index contributed by atoms with van der Waals surface area (Å²) in [6.07, 6.45) is 5.33. The van der Waals surface area contributed by atoms with Gasteiger partial charge in [0.25, 0.3) is 0 Å². The Hall–Kier alpha value is -1.84. The minimum atomic E-state index is -0.529. The molecule has 0 radical (unpaired) electrons. The molecule has 0 bridgehead atoms. The predicted octanol–water partition coefficient (Wildman–Crippen LogP) is 3.60. The SMILES string of the molecule is CCCCCCCC(=O)CC(=O)c1c(O)cccc1O. The number of rotatable bonds is 9. The van der Waals surface area contributed by atoms with Gasteiger partial charge in [0.05, 0.1) is 6.42 Å². The molecule has 4 heteroatoms. The highest BCUT2D eigenvalue weighted by molar-refractivity contribution is 6.10. The van der Waals surface area contributed by atoms with Gasteiger partial charge < -0.3 is 10.2 Å². The van der Waals surface area contributed by atoms with Crippen LogP contribution in [0.4, 0.5) is 0 Å². The third-order valence-corrected chi connectivity index (χ3v) is 3.22. The summed E-state index contributed by atoms with van der Waals surface area (Å²) in [5.74, 6) is -1.25. The fraction of sp³-hybridized carbons (Fsp3) is 0.500. The van der Waals surface area contributed by atoms with Gasteiger partial charge in [0, 0.05) is 6.42 Å². The fourth-order valence-electron chi connectivity index (χ4n) is 2.10. The third-order valence-electron chi connectivity index (χ3n) is 3.22. The van der Waals surface area contributed by atoms with Gasteiger partial charge in [-0.05, 0) is 18.6 Å². The molecule has 0 spiro atoms. The first kappa shape index (κ1) is 16.2. The van der Waals surface area contributed by atoms with Crippen molar-refractivity contribution >= 4 is 11.6 Å². The highest BCUT2D eigenvalue weighted by Crippen LogP contribution is 2.27. The Morgan fingerprint density at radius 1 is 1.00 bits per heavy atom. The number of ketones is 2. The molecule has 0 amide bonds. The third kappa shape index (κ3) is 5.03. The maximum atomic E-state index is 11.9. The monoisotopic (exact) mass is 278 g/mol. The lowest BCUT2D eigenvalue weighted by molar-refractivity contribution is -0.118. The van der Waals surface area contributed by atoms with Crippen molar-refractivity contribution in [2.24, 2.45) is 0 Å². The number of hydrogen-bond acceptors (Lipinski definition) is 4. The van der Waals surface area contributed by atoms with Gasteiger partial charge in [0.15, 0.2) is 5.78 Å². The molecule has 0 saturated carbocycles. The van der Waals surface area contributed by atoms with Crippen LogP contribution in [0.2, 0.25) is 0 Å². The highest BCUT2D eigenvalue weighted by atomic mass is 16.3. The predicted molar refractivity (Wildman–Crippen MR) is 77.1 cm³/mol. The number of carbonyl (C=O) groups excluding carboxylic acids is 2. The van der Waals surface area contributed by atoms with Crippen molar-refractivity contribution in [2.45, 2.75) is 51.9 Å². The quantitative estimate of drug-likeness (QED) is 0.411. The van der Waals surface area contributed by atoms with Gasteiger partial charge in [-0.25, -0.2) is 0 Å². The Morgan fingerprint density at radius 2 is 1.60 bits per heavy atom. The zero-order valence-electron chi connectivity index (χ0n) is 11.9. The van der Waals surface area contributed by atoms with Crippen LogP contribution in [-0.4, -0.2) is 21.8 Å². The molecule has 0 atom stereocenters. The van der Waals surface area contributed by atoms with Crippen LogP contribution in [0.1, 0.15) is 62.2 Å². The zero-order valence-corrected chi connectivity index (χ0v) is 11.9. The van der Waals surface area contributed by atoms with Crippen molar-refractivity contribution in [3.63, 3.8) is 0 Å². The second-order valence-electron chi connectivity index (χ2n) is 4.97. The summed E-state index contributed by atoms with van der Waals surface area (Å²) in [5.41, 5.74) is -0.160. The van der Waals surface area contributed by atoms with Crippen LogP contribution < -0.4 is 0 Å². The van der Waals surface area contributed by atoms with Crippen molar-refractivity contribution in [2.75, 3.05) is 0 Å². The minimum absolute atomic E-state index is 0.144. The molecule has 0 aliphatic rings. The summed E-state index contributed by atoms with van der Waals surface area (Å²) in [7, 11) is 0. The Labute approximate surface area is 119 Å². The smallest absolute Gasteiger partial charge is 0.177 e. The van der Waals surface area contributed by atoms with E-state index >= 15 is 0 Å². The van der Waals surface area contributed by atoms with E-state index in [-0.39, 0.29) is 29.3 Å². The van der Waals surface area contributed by atoms with Gasteiger partial charge >= 0.3 is 0 Å². The van der Waals surface area contributed by atoms with Crippen molar-refractivity contribution in [3.05, 3.63) is 23.8 Å². The van der Waals surface area contributed by atoms with Crippen molar-refractivity contribution in [1.29, 1.82) is 0 Å². The van der Waals surface area contributed by atoms with Gasteiger partial charge in [-0.1, -0.05) is 38.7 Å². The number of carbonyl (C=O) groups is 2. The Bertz CT molecular complexity index is 445. The van der Waals surface area contributed by atoms with E-state index in [1.54, 1.807) is 0 Å². The van der Waals surface area contributed by atoms with Crippen LogP contribution in [0.3, 0.4) is 0 Å². The van der Waals surface area contributed by atoms with Crippen LogP contribution in [0.5, 0.6) is 11.5 Å². The first-order valence-corrected chi connectivity index (χ1v) is 7.12. The second-order valence-corrected chi connectivity index (χ2v) is 4.97. The minimum Gasteiger partial charge on any atom is -0.507 e. The highest BCUT2D eigenvalue weighted by Gasteiger charge is 2.18. The van der Waals surface area contributed by atoms with Gasteiger partial charge in [0.2, 0.25) is 0 Å². The molecule has 1 aromatic rings. The normalized spacial score (nSPS) is 10.4. The van der Waals surface area contributed by atoms with E-state index in [9.17, 15) is 19.8 Å². The van der Waals surface area contributed by atoms with Gasteiger partial charge in [-0.2, -0.15) is 0 Å². The number of Topliss-reactive ketones (excluding diaryl/α,β-unsaturated/α-hetero) is 2. The number of aromatic hydroxyl groups is 2. The second kappa shape index (κ2) is 8.35. The lowest BCUT2D eigenvalue weighted by Gasteiger charge is -2.05. The van der Waals surface area contributed by atoms with E-state index in [1.807, 2.05) is 0 Å². The molecule has 0 heterocycles. The van der Waals surface area contributed by atoms with Gasteiger partial charge in [-0.3, -0.25) is 9.59 Å². The number of hydrogen-bond donors (Lipinski definition) is 2. The molecule has 0 unspecified atom stereocenters. The molecule has 0 fully saturated rings. The molecule has 0 aliphatic carbocycles. The van der Waals surface area contributed by atoms with Crippen molar-refractivity contribution in [3.8, 4) is 11.5 Å². The van der Waals surface area contributed by atoms with Gasteiger partial charge in [0.1, 0.15) is 22.8 Å².